The molecule has 0 saturated carbocycles. The first-order valence-corrected chi connectivity index (χ1v) is 5.77. The minimum atomic E-state index is -3.82. The lowest BCUT2D eigenvalue weighted by atomic mass is 10.3. The molecule has 1 aromatic rings. The molecule has 0 aromatic heterocycles. The average Bonchev–Trinajstić information content (AvgIpc) is 2.18. The van der Waals surface area contributed by atoms with Crippen LogP contribution in [0.2, 0.25) is 0 Å². The van der Waals surface area contributed by atoms with Crippen LogP contribution < -0.4 is 5.30 Å². The van der Waals surface area contributed by atoms with Crippen LogP contribution in [0.25, 0.3) is 0 Å². The van der Waals surface area contributed by atoms with Crippen molar-refractivity contribution in [1.29, 1.82) is 0 Å². The highest BCUT2D eigenvalue weighted by molar-refractivity contribution is 7.61. The van der Waals surface area contributed by atoms with E-state index < -0.39 is 12.5 Å². The fourth-order valence-electron chi connectivity index (χ4n) is 1.01. The van der Waals surface area contributed by atoms with Crippen LogP contribution >= 0.6 is 7.60 Å². The van der Waals surface area contributed by atoms with E-state index in [1.807, 2.05) is 0 Å². The highest BCUT2D eigenvalue weighted by atomic mass is 31.2. The van der Waals surface area contributed by atoms with Gasteiger partial charge in [0, 0.05) is 12.1 Å². The average molecular weight is 231 g/mol. The molecule has 0 aliphatic rings. The molecule has 1 rings (SSSR count). The van der Waals surface area contributed by atoms with Crippen LogP contribution in [0.15, 0.2) is 24.3 Å². The topological polar surface area (TPSA) is 89.7 Å². The highest BCUT2D eigenvalue weighted by Gasteiger charge is 2.22. The van der Waals surface area contributed by atoms with Gasteiger partial charge in [-0.1, -0.05) is 0 Å². The van der Waals surface area contributed by atoms with Crippen molar-refractivity contribution in [3.63, 3.8) is 0 Å². The van der Waals surface area contributed by atoms with Crippen molar-refractivity contribution in [2.45, 2.75) is 6.92 Å². The van der Waals surface area contributed by atoms with Gasteiger partial charge in [-0.2, -0.15) is 0 Å². The van der Waals surface area contributed by atoms with Crippen LogP contribution in [0.3, 0.4) is 0 Å². The van der Waals surface area contributed by atoms with Gasteiger partial charge in [-0.05, 0) is 19.1 Å². The van der Waals surface area contributed by atoms with Gasteiger partial charge >= 0.3 is 7.60 Å². The van der Waals surface area contributed by atoms with Crippen LogP contribution in [0.4, 0.5) is 5.69 Å². The maximum Gasteiger partial charge on any atom is 0.358 e. The van der Waals surface area contributed by atoms with E-state index in [2.05, 4.69) is 4.52 Å². The second-order valence-corrected chi connectivity index (χ2v) is 4.53. The largest absolute Gasteiger partial charge is 0.358 e. The van der Waals surface area contributed by atoms with Gasteiger partial charge in [0.25, 0.3) is 5.69 Å². The van der Waals surface area contributed by atoms with Gasteiger partial charge < -0.3 is 9.42 Å². The van der Waals surface area contributed by atoms with Crippen molar-refractivity contribution in [3.8, 4) is 0 Å². The first kappa shape index (κ1) is 11.8. The summed E-state index contributed by atoms with van der Waals surface area (Å²) in [4.78, 5) is 19.1. The number of nitro benzene ring substituents is 1. The highest BCUT2D eigenvalue weighted by Crippen LogP contribution is 2.40. The van der Waals surface area contributed by atoms with Gasteiger partial charge in [-0.15, -0.1) is 0 Å². The Kier molecular flexibility index (Phi) is 3.57. The van der Waals surface area contributed by atoms with Gasteiger partial charge in [0.15, 0.2) is 0 Å². The standard InChI is InChI=1S/C8H10NO5P/c1-2-14-15(12,13)8-5-3-7(4-6-8)9(10)11/h3-6H,2H2,1H3,(H,12,13). The van der Waals surface area contributed by atoms with E-state index >= 15 is 0 Å². The molecule has 0 saturated heterocycles. The zero-order valence-electron chi connectivity index (χ0n) is 7.99. The minimum absolute atomic E-state index is 0.0509. The lowest BCUT2D eigenvalue weighted by Crippen LogP contribution is -2.06. The van der Waals surface area contributed by atoms with Gasteiger partial charge in [-0.3, -0.25) is 14.7 Å². The predicted octanol–water partition coefficient (Wildman–Crippen LogP) is 1.44. The molecule has 0 fully saturated rings. The molecule has 1 aromatic carbocycles. The fraction of sp³-hybridized carbons (Fsp3) is 0.250. The maximum atomic E-state index is 11.5. The third-order valence-corrected chi connectivity index (χ3v) is 3.25. The smallest absolute Gasteiger partial charge is 0.321 e. The maximum absolute atomic E-state index is 11.5. The Balaban J connectivity index is 2.98. The molecule has 1 unspecified atom stereocenters. The number of nitrogens with zero attached hydrogens (tertiary/aromatic N) is 1. The SMILES string of the molecule is CCOP(=O)(O)c1ccc([N+](=O)[O-])cc1. The molecule has 0 heterocycles. The van der Waals surface area contributed by atoms with Crippen LogP contribution in [0.5, 0.6) is 0 Å². The van der Waals surface area contributed by atoms with Crippen molar-refractivity contribution in [1.82, 2.24) is 0 Å². The Morgan fingerprint density at radius 1 is 1.47 bits per heavy atom. The van der Waals surface area contributed by atoms with E-state index in [9.17, 15) is 19.6 Å². The summed E-state index contributed by atoms with van der Waals surface area (Å²) in [6, 6.07) is 4.76. The summed E-state index contributed by atoms with van der Waals surface area (Å²) >= 11 is 0. The molecule has 7 heteroatoms. The zero-order chi connectivity index (χ0) is 11.5. The molecule has 0 amide bonds. The molecule has 0 radical (unpaired) electrons. The van der Waals surface area contributed by atoms with Crippen molar-refractivity contribution in [2.24, 2.45) is 0 Å². The van der Waals surface area contributed by atoms with E-state index in [1.165, 1.54) is 12.1 Å². The number of hydrogen-bond acceptors (Lipinski definition) is 4. The van der Waals surface area contributed by atoms with E-state index in [0.717, 1.165) is 12.1 Å². The third-order valence-electron chi connectivity index (χ3n) is 1.69. The van der Waals surface area contributed by atoms with Crippen LogP contribution in [0, 0.1) is 10.1 Å². The number of nitro groups is 1. The van der Waals surface area contributed by atoms with Crippen molar-refractivity contribution >= 4 is 18.6 Å². The normalized spacial score (nSPS) is 14.5. The zero-order valence-corrected chi connectivity index (χ0v) is 8.89. The molecule has 0 aliphatic heterocycles. The Morgan fingerprint density at radius 3 is 2.40 bits per heavy atom. The summed E-state index contributed by atoms with van der Waals surface area (Å²) in [7, 11) is -3.82. The number of non-ortho nitro benzene ring substituents is 1. The molecule has 1 atom stereocenters. The number of rotatable bonds is 4. The lowest BCUT2D eigenvalue weighted by Gasteiger charge is -2.09. The summed E-state index contributed by atoms with van der Waals surface area (Å²) in [5.74, 6) is 0. The molecular formula is C8H10NO5P. The Morgan fingerprint density at radius 2 is 2.00 bits per heavy atom. The molecule has 6 nitrogen and oxygen atoms in total. The Labute approximate surface area is 86.2 Å². The molecule has 0 aliphatic carbocycles. The van der Waals surface area contributed by atoms with E-state index in [1.54, 1.807) is 6.92 Å². The van der Waals surface area contributed by atoms with Gasteiger partial charge in [-0.25, -0.2) is 0 Å². The summed E-state index contributed by atoms with van der Waals surface area (Å²) < 4.78 is 16.1. The summed E-state index contributed by atoms with van der Waals surface area (Å²) in [5.41, 5.74) is -0.129. The van der Waals surface area contributed by atoms with Crippen molar-refractivity contribution in [2.75, 3.05) is 6.61 Å². The number of benzene rings is 1. The number of hydrogen-bond donors (Lipinski definition) is 1. The molecular weight excluding hydrogens is 221 g/mol. The first-order valence-electron chi connectivity index (χ1n) is 4.19. The van der Waals surface area contributed by atoms with Gasteiger partial charge in [0.05, 0.1) is 16.8 Å². The molecule has 0 bridgehead atoms. The van der Waals surface area contributed by atoms with Crippen LogP contribution in [-0.2, 0) is 9.09 Å². The molecule has 82 valence electrons. The fourth-order valence-corrected chi connectivity index (χ4v) is 2.04. The second-order valence-electron chi connectivity index (χ2n) is 2.71. The Hall–Kier alpha value is -1.23. The first-order chi connectivity index (χ1) is 6.97. The van der Waals surface area contributed by atoms with Gasteiger partial charge in [0.1, 0.15) is 0 Å². The molecule has 0 spiro atoms. The van der Waals surface area contributed by atoms with Gasteiger partial charge in [0.2, 0.25) is 0 Å². The summed E-state index contributed by atoms with van der Waals surface area (Å²) in [6.07, 6.45) is 0. The molecule has 15 heavy (non-hydrogen) atoms. The van der Waals surface area contributed by atoms with Crippen LogP contribution in [-0.4, -0.2) is 16.4 Å². The second kappa shape index (κ2) is 4.53. The summed E-state index contributed by atoms with van der Waals surface area (Å²) in [6.45, 7) is 1.69. The van der Waals surface area contributed by atoms with E-state index in [0.29, 0.717) is 0 Å². The summed E-state index contributed by atoms with van der Waals surface area (Å²) in [5, 5.41) is 10.4. The van der Waals surface area contributed by atoms with E-state index in [-0.39, 0.29) is 17.6 Å². The quantitative estimate of drug-likeness (QED) is 0.481. The Bertz CT molecular complexity index is 402. The van der Waals surface area contributed by atoms with Crippen LogP contribution in [0.1, 0.15) is 6.92 Å². The lowest BCUT2D eigenvalue weighted by molar-refractivity contribution is -0.384. The van der Waals surface area contributed by atoms with E-state index in [4.69, 9.17) is 0 Å². The van der Waals surface area contributed by atoms with Crippen molar-refractivity contribution in [3.05, 3.63) is 34.4 Å². The predicted molar refractivity (Wildman–Crippen MR) is 54.2 cm³/mol. The van der Waals surface area contributed by atoms with Crippen molar-refractivity contribution < 1.29 is 18.9 Å². The monoisotopic (exact) mass is 231 g/mol. The molecule has 1 N–H and O–H groups in total. The minimum Gasteiger partial charge on any atom is -0.321 e. The third kappa shape index (κ3) is 2.86.